The number of nitrogens with one attached hydrogen (secondary N) is 1. The monoisotopic (exact) mass is 386 g/mol. The Labute approximate surface area is 165 Å². The van der Waals surface area contributed by atoms with Gasteiger partial charge >= 0.3 is 12.1 Å². The molecule has 2 fully saturated rings. The summed E-state index contributed by atoms with van der Waals surface area (Å²) < 4.78 is 5.40. The van der Waals surface area contributed by atoms with Crippen molar-refractivity contribution in [3.05, 3.63) is 35.9 Å². The first-order valence-electron chi connectivity index (χ1n) is 9.72. The lowest BCUT2D eigenvalue weighted by molar-refractivity contribution is -0.148. The number of rotatable bonds is 4. The van der Waals surface area contributed by atoms with Crippen molar-refractivity contribution in [3.63, 3.8) is 0 Å². The molecule has 0 spiro atoms. The third-order valence-electron chi connectivity index (χ3n) is 5.42. The Morgan fingerprint density at radius 2 is 1.96 bits per heavy atom. The second-order valence-electron chi connectivity index (χ2n) is 8.71. The minimum Gasteiger partial charge on any atom is -0.480 e. The van der Waals surface area contributed by atoms with Gasteiger partial charge in [-0.2, -0.15) is 0 Å². The Balaban J connectivity index is 1.92. The highest BCUT2D eigenvalue weighted by molar-refractivity contribution is 6.61. The highest BCUT2D eigenvalue weighted by Gasteiger charge is 2.55. The Kier molecular flexibility index (Phi) is 5.41. The van der Waals surface area contributed by atoms with Crippen LogP contribution in [0.15, 0.2) is 30.3 Å². The number of hydrogen-bond donors (Lipinski definition) is 2. The Hall–Kier alpha value is -2.51. The first kappa shape index (κ1) is 20.2. The number of amides is 2. The van der Waals surface area contributed by atoms with E-state index in [1.807, 2.05) is 30.3 Å². The van der Waals surface area contributed by atoms with Crippen LogP contribution in [0, 0.1) is 0 Å². The van der Waals surface area contributed by atoms with Crippen LogP contribution in [0.3, 0.4) is 0 Å². The van der Waals surface area contributed by atoms with Crippen LogP contribution in [-0.2, 0) is 20.7 Å². The second-order valence-corrected chi connectivity index (χ2v) is 8.71. The third-order valence-corrected chi connectivity index (χ3v) is 5.42. The predicted octanol–water partition coefficient (Wildman–Crippen LogP) is 2.57. The lowest BCUT2D eigenvalue weighted by Gasteiger charge is -2.44. The summed E-state index contributed by atoms with van der Waals surface area (Å²) in [6.07, 6.45) is 1.85. The molecule has 28 heavy (non-hydrogen) atoms. The highest BCUT2D eigenvalue weighted by Crippen LogP contribution is 2.37. The molecular weight excluding hydrogens is 359 g/mol. The van der Waals surface area contributed by atoms with Crippen molar-refractivity contribution in [1.82, 2.24) is 10.1 Å². The molecule has 0 saturated carbocycles. The van der Waals surface area contributed by atoms with Gasteiger partial charge in [0.1, 0.15) is 17.2 Å². The number of alkyl carbamates (subject to hydrolysis) is 1. The largest absolute Gasteiger partial charge is 0.480 e. The van der Waals surface area contributed by atoms with Crippen molar-refractivity contribution in [2.45, 2.75) is 69.9 Å². The molecule has 2 aliphatic rings. The summed E-state index contributed by atoms with van der Waals surface area (Å²) in [5.74, 6) is -1.33. The SMILES string of the molecule is CC(C)(C)OC(=O)N[C@@]1(Cc2ccccc2)CCB2CC[C@@H](C(=O)O)N2C1=O. The molecule has 0 bridgehead atoms. The number of carboxylic acids is 1. The van der Waals surface area contributed by atoms with Crippen molar-refractivity contribution in [1.29, 1.82) is 0 Å². The first-order valence-corrected chi connectivity index (χ1v) is 9.72. The topological polar surface area (TPSA) is 95.9 Å². The molecular formula is C20H27BN2O5. The van der Waals surface area contributed by atoms with Gasteiger partial charge in [-0.1, -0.05) is 43.0 Å². The van der Waals surface area contributed by atoms with Gasteiger partial charge in [0.2, 0.25) is 5.91 Å². The van der Waals surface area contributed by atoms with Crippen LogP contribution in [0.1, 0.15) is 39.2 Å². The summed E-state index contributed by atoms with van der Waals surface area (Å²) in [4.78, 5) is 39.3. The van der Waals surface area contributed by atoms with Crippen LogP contribution in [0.4, 0.5) is 4.79 Å². The number of carbonyl (C=O) groups excluding carboxylic acids is 2. The molecule has 0 aromatic heterocycles. The van der Waals surface area contributed by atoms with E-state index in [2.05, 4.69) is 5.32 Å². The molecule has 0 aliphatic carbocycles. The summed E-state index contributed by atoms with van der Waals surface area (Å²) in [6.45, 7) is 5.19. The summed E-state index contributed by atoms with van der Waals surface area (Å²) in [7, 11) is 0. The van der Waals surface area contributed by atoms with Gasteiger partial charge in [-0.3, -0.25) is 9.59 Å². The van der Waals surface area contributed by atoms with E-state index in [1.54, 1.807) is 20.8 Å². The summed E-state index contributed by atoms with van der Waals surface area (Å²) in [6, 6.07) is 8.60. The van der Waals surface area contributed by atoms with E-state index in [-0.39, 0.29) is 12.8 Å². The van der Waals surface area contributed by atoms with Crippen LogP contribution in [0.25, 0.3) is 0 Å². The number of benzene rings is 1. The molecule has 2 atom stereocenters. The van der Waals surface area contributed by atoms with Gasteiger partial charge in [0.25, 0.3) is 6.85 Å². The molecule has 7 nitrogen and oxygen atoms in total. The van der Waals surface area contributed by atoms with Crippen LogP contribution in [0.2, 0.25) is 12.6 Å². The van der Waals surface area contributed by atoms with Crippen molar-refractivity contribution in [3.8, 4) is 0 Å². The van der Waals surface area contributed by atoms with Gasteiger partial charge in [0, 0.05) is 6.42 Å². The predicted molar refractivity (Wildman–Crippen MR) is 105 cm³/mol. The number of nitrogens with zero attached hydrogens (tertiary/aromatic N) is 1. The minimum atomic E-state index is -1.21. The molecule has 2 saturated heterocycles. The fourth-order valence-corrected chi connectivity index (χ4v) is 4.25. The second kappa shape index (κ2) is 7.49. The minimum absolute atomic E-state index is 0.0852. The molecule has 0 unspecified atom stereocenters. The van der Waals surface area contributed by atoms with Gasteiger partial charge in [-0.25, -0.2) is 4.79 Å². The smallest absolute Gasteiger partial charge is 0.408 e. The van der Waals surface area contributed by atoms with Gasteiger partial charge in [-0.05, 0) is 39.2 Å². The van der Waals surface area contributed by atoms with Crippen LogP contribution in [-0.4, -0.2) is 51.9 Å². The lowest BCUT2D eigenvalue weighted by atomic mass is 9.51. The molecule has 2 aliphatic heterocycles. The van der Waals surface area contributed by atoms with Crippen LogP contribution < -0.4 is 5.32 Å². The maximum atomic E-state index is 13.5. The van der Waals surface area contributed by atoms with E-state index in [9.17, 15) is 19.5 Å². The third kappa shape index (κ3) is 4.15. The fourth-order valence-electron chi connectivity index (χ4n) is 4.25. The van der Waals surface area contributed by atoms with Crippen molar-refractivity contribution >= 4 is 24.8 Å². The maximum absolute atomic E-state index is 13.5. The summed E-state index contributed by atoms with van der Waals surface area (Å²) in [5, 5.41) is 12.4. The van der Waals surface area contributed by atoms with Crippen LogP contribution >= 0.6 is 0 Å². The lowest BCUT2D eigenvalue weighted by Crippen LogP contribution is -2.68. The summed E-state index contributed by atoms with van der Waals surface area (Å²) >= 11 is 0. The van der Waals surface area contributed by atoms with Gasteiger partial charge in [0.15, 0.2) is 0 Å². The Bertz CT molecular complexity index is 764. The van der Waals surface area contributed by atoms with Gasteiger partial charge < -0.3 is 20.0 Å². The number of ether oxygens (including phenoxy) is 1. The number of hydrogen-bond acceptors (Lipinski definition) is 4. The number of carbonyl (C=O) groups is 3. The average molecular weight is 386 g/mol. The zero-order chi connectivity index (χ0) is 20.5. The Morgan fingerprint density at radius 1 is 1.29 bits per heavy atom. The van der Waals surface area contributed by atoms with Crippen molar-refractivity contribution in [2.75, 3.05) is 0 Å². The van der Waals surface area contributed by atoms with Crippen molar-refractivity contribution < 1.29 is 24.2 Å². The molecule has 2 heterocycles. The van der Waals surface area contributed by atoms with E-state index in [4.69, 9.17) is 4.74 Å². The molecule has 2 amide bonds. The Morgan fingerprint density at radius 3 is 2.57 bits per heavy atom. The first-order chi connectivity index (χ1) is 13.1. The van der Waals surface area contributed by atoms with Crippen LogP contribution in [0.5, 0.6) is 0 Å². The number of carboxylic acid groups (broad SMARTS) is 1. The molecule has 1 aromatic rings. The zero-order valence-electron chi connectivity index (χ0n) is 16.6. The van der Waals surface area contributed by atoms with Gasteiger partial charge in [0.05, 0.1) is 0 Å². The van der Waals surface area contributed by atoms with E-state index in [0.717, 1.165) is 5.56 Å². The number of fused-ring (bicyclic) bond motifs is 1. The van der Waals surface area contributed by atoms with E-state index < -0.39 is 29.2 Å². The zero-order valence-corrected chi connectivity index (χ0v) is 16.6. The molecule has 8 heteroatoms. The summed E-state index contributed by atoms with van der Waals surface area (Å²) in [5.41, 5.74) is -1.01. The molecule has 1 aromatic carbocycles. The quantitative estimate of drug-likeness (QED) is 0.776. The average Bonchev–Trinajstić information content (AvgIpc) is 3.02. The molecule has 0 radical (unpaired) electrons. The van der Waals surface area contributed by atoms with Gasteiger partial charge in [-0.15, -0.1) is 0 Å². The van der Waals surface area contributed by atoms with E-state index >= 15 is 0 Å². The maximum Gasteiger partial charge on any atom is 0.408 e. The number of aliphatic carboxylic acids is 1. The molecule has 3 rings (SSSR count). The highest BCUT2D eigenvalue weighted by atomic mass is 16.6. The molecule has 2 N–H and O–H groups in total. The van der Waals surface area contributed by atoms with Crippen molar-refractivity contribution in [2.24, 2.45) is 0 Å². The molecule has 150 valence electrons. The fraction of sp³-hybridized carbons (Fsp3) is 0.550. The van der Waals surface area contributed by atoms with E-state index in [1.165, 1.54) is 4.81 Å². The standard InChI is InChI=1S/C20H27BN2O5/c1-19(2,3)28-18(27)22-20(13-14-7-5-4-6-8-14)10-12-21-11-9-15(16(24)25)23(21)17(20)26/h4-8,15H,9-13H2,1-3H3,(H,22,27)(H,24,25)/t15-,20+/m0/s1. The van der Waals surface area contributed by atoms with E-state index in [0.29, 0.717) is 31.9 Å². The normalized spacial score (nSPS) is 24.7.